The molecule has 0 radical (unpaired) electrons. The molecule has 4 nitrogen and oxygen atoms in total. The molecule has 0 heterocycles. The number of carbonyl (C=O) groups is 1. The Morgan fingerprint density at radius 1 is 1.08 bits per heavy atom. The summed E-state index contributed by atoms with van der Waals surface area (Å²) in [6, 6.07) is 15.0. The maximum Gasteiger partial charge on any atom is 0.244 e. The first kappa shape index (κ1) is 18.9. The van der Waals surface area contributed by atoms with Crippen molar-refractivity contribution in [2.75, 3.05) is 12.3 Å². The van der Waals surface area contributed by atoms with E-state index in [1.807, 2.05) is 50.2 Å². The maximum absolute atomic E-state index is 12.1. The van der Waals surface area contributed by atoms with Crippen LogP contribution in [0.4, 0.5) is 0 Å². The van der Waals surface area contributed by atoms with E-state index in [4.69, 9.17) is 0 Å². The number of hydrogen-bond acceptors (Lipinski definition) is 3. The molecule has 1 N–H and O–H groups in total. The number of carbonyl (C=O) groups excluding carboxylic acids is 1. The van der Waals surface area contributed by atoms with Gasteiger partial charge in [0.05, 0.1) is 11.5 Å². The number of aryl methyl sites for hydroxylation is 2. The Hall–Kier alpha value is -2.40. The third-order valence-corrected chi connectivity index (χ3v) is 5.38. The van der Waals surface area contributed by atoms with E-state index in [1.54, 1.807) is 18.2 Å². The minimum atomic E-state index is -3.25. The average molecular weight is 357 g/mol. The molecule has 1 amide bonds. The van der Waals surface area contributed by atoms with Crippen molar-refractivity contribution in [3.05, 3.63) is 76.9 Å². The van der Waals surface area contributed by atoms with Crippen LogP contribution in [0.1, 0.15) is 22.3 Å². The van der Waals surface area contributed by atoms with Gasteiger partial charge in [0.25, 0.3) is 0 Å². The molecular formula is C20H23NO3S. The monoisotopic (exact) mass is 357 g/mol. The highest BCUT2D eigenvalue weighted by Gasteiger charge is 2.11. The fourth-order valence-corrected chi connectivity index (χ4v) is 3.72. The molecule has 0 saturated heterocycles. The van der Waals surface area contributed by atoms with E-state index in [0.29, 0.717) is 0 Å². The molecule has 0 aliphatic rings. The molecule has 0 aliphatic carbocycles. The Kier molecular flexibility index (Phi) is 6.53. The second-order valence-electron chi connectivity index (χ2n) is 6.06. The molecule has 0 atom stereocenters. The van der Waals surface area contributed by atoms with Crippen molar-refractivity contribution in [3.8, 4) is 0 Å². The number of benzene rings is 2. The minimum absolute atomic E-state index is 0.0118. The number of amides is 1. The van der Waals surface area contributed by atoms with Gasteiger partial charge in [-0.2, -0.15) is 0 Å². The van der Waals surface area contributed by atoms with Gasteiger partial charge in [-0.1, -0.05) is 54.1 Å². The predicted octanol–water partition coefficient (Wildman–Crippen LogP) is 3.05. The van der Waals surface area contributed by atoms with Gasteiger partial charge in [-0.25, -0.2) is 8.42 Å². The molecule has 0 saturated carbocycles. The number of sulfone groups is 1. The Morgan fingerprint density at radius 2 is 1.80 bits per heavy atom. The lowest BCUT2D eigenvalue weighted by atomic mass is 10.1. The number of rotatable bonds is 7. The van der Waals surface area contributed by atoms with E-state index in [2.05, 4.69) is 5.32 Å². The molecule has 0 fully saturated rings. The van der Waals surface area contributed by atoms with E-state index in [-0.39, 0.29) is 24.0 Å². The molecule has 0 aromatic heterocycles. The maximum atomic E-state index is 12.1. The first-order valence-electron chi connectivity index (χ1n) is 8.13. The molecule has 2 aromatic rings. The molecule has 132 valence electrons. The molecular weight excluding hydrogens is 334 g/mol. The highest BCUT2D eigenvalue weighted by molar-refractivity contribution is 7.90. The highest BCUT2D eigenvalue weighted by Crippen LogP contribution is 2.12. The molecule has 2 aromatic carbocycles. The summed E-state index contributed by atoms with van der Waals surface area (Å²) in [4.78, 5) is 11.8. The molecule has 2 rings (SSSR count). The van der Waals surface area contributed by atoms with Crippen LogP contribution in [0.25, 0.3) is 6.08 Å². The largest absolute Gasteiger partial charge is 0.352 e. The SMILES string of the molecule is Cc1ccc(C=CC(=O)NCCS(=O)(=O)Cc2ccccc2)c(C)c1. The lowest BCUT2D eigenvalue weighted by Gasteiger charge is -2.05. The third kappa shape index (κ3) is 6.55. The van der Waals surface area contributed by atoms with Crippen molar-refractivity contribution in [2.45, 2.75) is 19.6 Å². The molecule has 0 unspecified atom stereocenters. The van der Waals surface area contributed by atoms with E-state index >= 15 is 0 Å². The van der Waals surface area contributed by atoms with Gasteiger partial charge in [-0.15, -0.1) is 0 Å². The summed E-state index contributed by atoms with van der Waals surface area (Å²) < 4.78 is 24.1. The van der Waals surface area contributed by atoms with Crippen molar-refractivity contribution in [3.63, 3.8) is 0 Å². The van der Waals surface area contributed by atoms with Crippen LogP contribution < -0.4 is 5.32 Å². The topological polar surface area (TPSA) is 63.2 Å². The second-order valence-corrected chi connectivity index (χ2v) is 8.25. The van der Waals surface area contributed by atoms with Crippen LogP contribution in [0.5, 0.6) is 0 Å². The molecule has 0 spiro atoms. The fourth-order valence-electron chi connectivity index (χ4n) is 2.47. The van der Waals surface area contributed by atoms with Gasteiger partial charge in [0.15, 0.2) is 9.84 Å². The minimum Gasteiger partial charge on any atom is -0.352 e. The number of hydrogen-bond donors (Lipinski definition) is 1. The summed E-state index contributed by atoms with van der Waals surface area (Å²) in [6.07, 6.45) is 3.17. The van der Waals surface area contributed by atoms with Gasteiger partial charge in [0, 0.05) is 12.6 Å². The van der Waals surface area contributed by atoms with Crippen molar-refractivity contribution in [2.24, 2.45) is 0 Å². The normalized spacial score (nSPS) is 11.6. The zero-order chi connectivity index (χ0) is 18.3. The van der Waals surface area contributed by atoms with E-state index < -0.39 is 9.84 Å². The molecule has 0 bridgehead atoms. The zero-order valence-corrected chi connectivity index (χ0v) is 15.3. The summed E-state index contributed by atoms with van der Waals surface area (Å²) >= 11 is 0. The van der Waals surface area contributed by atoms with Crippen molar-refractivity contribution >= 4 is 21.8 Å². The second kappa shape index (κ2) is 8.62. The Morgan fingerprint density at radius 3 is 2.48 bits per heavy atom. The standard InChI is InChI=1S/C20H23NO3S/c1-16-8-9-19(17(2)14-16)10-11-20(22)21-12-13-25(23,24)15-18-6-4-3-5-7-18/h3-11,14H,12-13,15H2,1-2H3,(H,21,22). The van der Waals surface area contributed by atoms with Gasteiger partial charge in [-0.3, -0.25) is 4.79 Å². The van der Waals surface area contributed by atoms with Crippen molar-refractivity contribution in [1.29, 1.82) is 0 Å². The van der Waals surface area contributed by atoms with Gasteiger partial charge in [0.1, 0.15) is 0 Å². The van der Waals surface area contributed by atoms with E-state index in [0.717, 1.165) is 16.7 Å². The van der Waals surface area contributed by atoms with Gasteiger partial charge in [-0.05, 0) is 36.6 Å². The predicted molar refractivity (Wildman–Crippen MR) is 102 cm³/mol. The Labute approximate surface area is 149 Å². The Bertz CT molecular complexity index is 856. The fraction of sp³-hybridized carbons (Fsp3) is 0.250. The van der Waals surface area contributed by atoms with Crippen molar-refractivity contribution in [1.82, 2.24) is 5.32 Å². The first-order chi connectivity index (χ1) is 11.9. The molecule has 25 heavy (non-hydrogen) atoms. The quantitative estimate of drug-likeness (QED) is 0.775. The average Bonchev–Trinajstić information content (AvgIpc) is 2.54. The van der Waals surface area contributed by atoms with Crippen LogP contribution in [-0.2, 0) is 20.4 Å². The zero-order valence-electron chi connectivity index (χ0n) is 14.5. The van der Waals surface area contributed by atoms with Crippen LogP contribution in [0, 0.1) is 13.8 Å². The Balaban J connectivity index is 1.82. The van der Waals surface area contributed by atoms with Crippen LogP contribution >= 0.6 is 0 Å². The van der Waals surface area contributed by atoms with Gasteiger partial charge in [0.2, 0.25) is 5.91 Å². The molecule has 0 aliphatic heterocycles. The van der Waals surface area contributed by atoms with Gasteiger partial charge >= 0.3 is 0 Å². The highest BCUT2D eigenvalue weighted by atomic mass is 32.2. The van der Waals surface area contributed by atoms with E-state index in [1.165, 1.54) is 11.6 Å². The lowest BCUT2D eigenvalue weighted by Crippen LogP contribution is -2.28. The van der Waals surface area contributed by atoms with Crippen LogP contribution in [0.2, 0.25) is 0 Å². The summed E-state index contributed by atoms with van der Waals surface area (Å²) in [7, 11) is -3.25. The first-order valence-corrected chi connectivity index (χ1v) is 9.95. The third-order valence-electron chi connectivity index (χ3n) is 3.78. The van der Waals surface area contributed by atoms with Crippen molar-refractivity contribution < 1.29 is 13.2 Å². The van der Waals surface area contributed by atoms with Crippen LogP contribution in [0.3, 0.4) is 0 Å². The van der Waals surface area contributed by atoms with Crippen LogP contribution in [-0.4, -0.2) is 26.6 Å². The van der Waals surface area contributed by atoms with E-state index in [9.17, 15) is 13.2 Å². The lowest BCUT2D eigenvalue weighted by molar-refractivity contribution is -0.116. The van der Waals surface area contributed by atoms with Gasteiger partial charge < -0.3 is 5.32 Å². The summed E-state index contributed by atoms with van der Waals surface area (Å²) in [6.45, 7) is 4.11. The molecule has 5 heteroatoms. The summed E-state index contributed by atoms with van der Waals surface area (Å²) in [5.41, 5.74) is 3.98. The number of nitrogens with one attached hydrogen (secondary N) is 1. The summed E-state index contributed by atoms with van der Waals surface area (Å²) in [5.74, 6) is -0.387. The van der Waals surface area contributed by atoms with Crippen LogP contribution in [0.15, 0.2) is 54.6 Å². The summed E-state index contributed by atoms with van der Waals surface area (Å²) in [5, 5.41) is 2.62. The smallest absolute Gasteiger partial charge is 0.244 e.